The van der Waals surface area contributed by atoms with Gasteiger partial charge in [-0.3, -0.25) is 0 Å². The lowest BCUT2D eigenvalue weighted by Crippen LogP contribution is -2.19. The molecule has 1 heterocycles. The lowest BCUT2D eigenvalue weighted by molar-refractivity contribution is 0.333. The molecule has 0 N–H and O–H groups in total. The van der Waals surface area contributed by atoms with Gasteiger partial charge in [0.05, 0.1) is 0 Å². The summed E-state index contributed by atoms with van der Waals surface area (Å²) in [6.07, 6.45) is 15.6. The van der Waals surface area contributed by atoms with Gasteiger partial charge < -0.3 is 4.52 Å². The third-order valence-corrected chi connectivity index (χ3v) is 5.11. The summed E-state index contributed by atoms with van der Waals surface area (Å²) in [5.41, 5.74) is 0.0223. The molecule has 0 radical (unpaired) electrons. The molecule has 0 aliphatic rings. The third-order valence-electron chi connectivity index (χ3n) is 5.11. The summed E-state index contributed by atoms with van der Waals surface area (Å²) in [4.78, 5) is 4.71. The molecule has 0 bridgehead atoms. The highest BCUT2D eigenvalue weighted by molar-refractivity contribution is 5.04. The van der Waals surface area contributed by atoms with Gasteiger partial charge >= 0.3 is 0 Å². The topological polar surface area (TPSA) is 38.9 Å². The Morgan fingerprint density at radius 3 is 2.08 bits per heavy atom. The van der Waals surface area contributed by atoms with Crippen molar-refractivity contribution in [2.75, 3.05) is 0 Å². The molecule has 0 aliphatic heterocycles. The first-order valence-corrected chi connectivity index (χ1v) is 10.3. The minimum atomic E-state index is 0.0223. The first kappa shape index (κ1) is 21.2. The number of hydrogen-bond donors (Lipinski definition) is 0. The standard InChI is InChI=1S/C21H40N2O/c1-6-8-10-11-12-13-14-15-17-21(4,5)20-22-19(24-23-20)18(3)16-9-7-2/h18H,6-17H2,1-5H3/t18-/m0/s1. The molecule has 0 saturated carbocycles. The monoisotopic (exact) mass is 336 g/mol. The highest BCUT2D eigenvalue weighted by Gasteiger charge is 2.27. The molecular weight excluding hydrogens is 296 g/mol. The molecule has 3 heteroatoms. The Balaban J connectivity index is 2.30. The van der Waals surface area contributed by atoms with Gasteiger partial charge in [0.1, 0.15) is 0 Å². The molecule has 3 nitrogen and oxygen atoms in total. The number of nitrogens with zero attached hydrogens (tertiary/aromatic N) is 2. The molecule has 0 unspecified atom stereocenters. The molecule has 140 valence electrons. The fourth-order valence-electron chi connectivity index (χ4n) is 3.16. The molecular formula is C21H40N2O. The number of rotatable bonds is 14. The molecule has 0 aliphatic carbocycles. The highest BCUT2D eigenvalue weighted by atomic mass is 16.5. The van der Waals surface area contributed by atoms with E-state index in [1.807, 2.05) is 0 Å². The van der Waals surface area contributed by atoms with Crippen LogP contribution in [0.3, 0.4) is 0 Å². The second-order valence-electron chi connectivity index (χ2n) is 8.11. The molecule has 1 aromatic rings. The van der Waals surface area contributed by atoms with Crippen LogP contribution in [0.2, 0.25) is 0 Å². The van der Waals surface area contributed by atoms with E-state index < -0.39 is 0 Å². The molecule has 24 heavy (non-hydrogen) atoms. The first-order chi connectivity index (χ1) is 11.5. The van der Waals surface area contributed by atoms with Gasteiger partial charge in [0, 0.05) is 11.3 Å². The Labute approximate surface area is 150 Å². The van der Waals surface area contributed by atoms with Gasteiger partial charge in [-0.2, -0.15) is 4.98 Å². The van der Waals surface area contributed by atoms with E-state index in [0.717, 1.165) is 24.6 Å². The molecule has 1 atom stereocenters. The van der Waals surface area contributed by atoms with Crippen LogP contribution in [0.1, 0.15) is 129 Å². The van der Waals surface area contributed by atoms with Crippen LogP contribution < -0.4 is 0 Å². The normalized spacial score (nSPS) is 13.4. The Hall–Kier alpha value is -0.860. The summed E-state index contributed by atoms with van der Waals surface area (Å²) >= 11 is 0. The lowest BCUT2D eigenvalue weighted by Gasteiger charge is -2.20. The molecule has 0 amide bonds. The summed E-state index contributed by atoms with van der Waals surface area (Å²) < 4.78 is 5.53. The van der Waals surface area contributed by atoms with Crippen LogP contribution in [-0.2, 0) is 5.41 Å². The minimum Gasteiger partial charge on any atom is -0.339 e. The van der Waals surface area contributed by atoms with Crippen molar-refractivity contribution in [3.05, 3.63) is 11.7 Å². The Bertz CT molecular complexity index is 425. The van der Waals surface area contributed by atoms with Crippen LogP contribution in [0.25, 0.3) is 0 Å². The third kappa shape index (κ3) is 7.81. The summed E-state index contributed by atoms with van der Waals surface area (Å²) in [6, 6.07) is 0. The Kier molecular flexibility index (Phi) is 10.3. The number of hydrogen-bond acceptors (Lipinski definition) is 3. The number of unbranched alkanes of at least 4 members (excludes halogenated alkanes) is 8. The van der Waals surface area contributed by atoms with Crippen molar-refractivity contribution in [2.24, 2.45) is 0 Å². The Morgan fingerprint density at radius 1 is 0.875 bits per heavy atom. The van der Waals surface area contributed by atoms with Gasteiger partial charge in [-0.25, -0.2) is 0 Å². The van der Waals surface area contributed by atoms with E-state index >= 15 is 0 Å². The van der Waals surface area contributed by atoms with Crippen LogP contribution in [0.5, 0.6) is 0 Å². The predicted molar refractivity (Wildman–Crippen MR) is 102 cm³/mol. The van der Waals surface area contributed by atoms with E-state index in [1.165, 1.54) is 64.2 Å². The lowest BCUT2D eigenvalue weighted by atomic mass is 9.86. The van der Waals surface area contributed by atoms with Crippen LogP contribution in [0, 0.1) is 0 Å². The van der Waals surface area contributed by atoms with Crippen molar-refractivity contribution in [3.8, 4) is 0 Å². The average Bonchev–Trinajstić information content (AvgIpc) is 3.06. The van der Waals surface area contributed by atoms with E-state index in [4.69, 9.17) is 9.51 Å². The zero-order valence-electron chi connectivity index (χ0n) is 16.9. The average molecular weight is 337 g/mol. The maximum absolute atomic E-state index is 5.53. The fraction of sp³-hybridized carbons (Fsp3) is 0.905. The van der Waals surface area contributed by atoms with E-state index in [-0.39, 0.29) is 5.41 Å². The van der Waals surface area contributed by atoms with Crippen molar-refractivity contribution >= 4 is 0 Å². The molecule has 0 saturated heterocycles. The van der Waals surface area contributed by atoms with Gasteiger partial charge in [0.25, 0.3) is 0 Å². The zero-order valence-corrected chi connectivity index (χ0v) is 16.9. The zero-order chi connectivity index (χ0) is 17.8. The van der Waals surface area contributed by atoms with Gasteiger partial charge in [-0.15, -0.1) is 0 Å². The van der Waals surface area contributed by atoms with Crippen molar-refractivity contribution in [1.82, 2.24) is 10.1 Å². The van der Waals surface area contributed by atoms with Crippen LogP contribution in [0.15, 0.2) is 4.52 Å². The van der Waals surface area contributed by atoms with E-state index in [9.17, 15) is 0 Å². The summed E-state index contributed by atoms with van der Waals surface area (Å²) in [5.74, 6) is 2.09. The first-order valence-electron chi connectivity index (χ1n) is 10.3. The molecule has 0 aromatic carbocycles. The van der Waals surface area contributed by atoms with Gasteiger partial charge in [-0.1, -0.05) is 104 Å². The van der Waals surface area contributed by atoms with Crippen LogP contribution >= 0.6 is 0 Å². The summed E-state index contributed by atoms with van der Waals surface area (Å²) in [5, 5.41) is 4.28. The largest absolute Gasteiger partial charge is 0.339 e. The molecule has 0 spiro atoms. The van der Waals surface area contributed by atoms with Crippen molar-refractivity contribution < 1.29 is 4.52 Å². The van der Waals surface area contributed by atoms with E-state index in [0.29, 0.717) is 5.92 Å². The quantitative estimate of drug-likeness (QED) is 0.338. The van der Waals surface area contributed by atoms with Crippen molar-refractivity contribution in [1.29, 1.82) is 0 Å². The smallest absolute Gasteiger partial charge is 0.229 e. The summed E-state index contributed by atoms with van der Waals surface area (Å²) in [7, 11) is 0. The Morgan fingerprint density at radius 2 is 1.46 bits per heavy atom. The van der Waals surface area contributed by atoms with Crippen molar-refractivity contribution in [2.45, 2.75) is 123 Å². The molecule has 0 fully saturated rings. The van der Waals surface area contributed by atoms with Gasteiger partial charge in [0.15, 0.2) is 5.82 Å². The summed E-state index contributed by atoms with van der Waals surface area (Å²) in [6.45, 7) is 11.2. The molecule has 1 aromatic heterocycles. The van der Waals surface area contributed by atoms with Gasteiger partial charge in [-0.05, 0) is 12.8 Å². The second-order valence-corrected chi connectivity index (χ2v) is 8.11. The van der Waals surface area contributed by atoms with E-state index in [1.54, 1.807) is 0 Å². The van der Waals surface area contributed by atoms with E-state index in [2.05, 4.69) is 39.8 Å². The highest BCUT2D eigenvalue weighted by Crippen LogP contribution is 2.29. The van der Waals surface area contributed by atoms with Crippen LogP contribution in [-0.4, -0.2) is 10.1 Å². The minimum absolute atomic E-state index is 0.0223. The fourth-order valence-corrected chi connectivity index (χ4v) is 3.16. The molecule has 1 rings (SSSR count). The predicted octanol–water partition coefficient (Wildman–Crippen LogP) is 7.17. The SMILES string of the molecule is CCCCCCCCCCC(C)(C)c1noc([C@@H](C)CCCC)n1. The van der Waals surface area contributed by atoms with Crippen LogP contribution in [0.4, 0.5) is 0 Å². The maximum Gasteiger partial charge on any atom is 0.229 e. The van der Waals surface area contributed by atoms with Crippen molar-refractivity contribution in [3.63, 3.8) is 0 Å². The number of aromatic nitrogens is 2. The van der Waals surface area contributed by atoms with Gasteiger partial charge in [0.2, 0.25) is 5.89 Å². The second kappa shape index (κ2) is 11.7. The maximum atomic E-state index is 5.53.